The molecule has 1 heterocycles. The number of hydrogen-bond acceptors (Lipinski definition) is 6. The van der Waals surface area contributed by atoms with Crippen molar-refractivity contribution in [2.24, 2.45) is 0 Å². The summed E-state index contributed by atoms with van der Waals surface area (Å²) in [7, 11) is -3.24. The topological polar surface area (TPSA) is 84.9 Å². The van der Waals surface area contributed by atoms with Crippen LogP contribution in [-0.2, 0) is 29.8 Å². The number of carbonyl (C=O) groups is 2. The molecule has 0 saturated carbocycles. The number of fused-ring (bicyclic) bond motifs is 1. The van der Waals surface area contributed by atoms with Gasteiger partial charge in [0.05, 0.1) is 19.3 Å². The van der Waals surface area contributed by atoms with Gasteiger partial charge in [0.2, 0.25) is 5.91 Å². The Morgan fingerprint density at radius 3 is 2.74 bits per heavy atom. The molecule has 0 aromatic heterocycles. The Balaban J connectivity index is 1.68. The van der Waals surface area contributed by atoms with E-state index in [2.05, 4.69) is 17.2 Å². The molecule has 34 heavy (non-hydrogen) atoms. The average molecular weight is 507 g/mol. The van der Waals surface area contributed by atoms with E-state index in [4.69, 9.17) is 9.26 Å². The third-order valence-corrected chi connectivity index (χ3v) is 9.29. The van der Waals surface area contributed by atoms with Crippen LogP contribution in [0.1, 0.15) is 38.7 Å². The maximum atomic E-state index is 13.7. The summed E-state index contributed by atoms with van der Waals surface area (Å²) < 4.78 is 24.5. The zero-order valence-electron chi connectivity index (χ0n) is 20.0. The summed E-state index contributed by atoms with van der Waals surface area (Å²) in [6, 6.07) is 9.27. The van der Waals surface area contributed by atoms with Crippen LogP contribution in [0.4, 0.5) is 0 Å². The number of unbranched alkanes of at least 4 members (excludes halogenated alkanes) is 1. The molecule has 186 valence electrons. The van der Waals surface area contributed by atoms with Crippen LogP contribution in [0.2, 0.25) is 0 Å². The quantitative estimate of drug-likeness (QED) is 0.253. The second kappa shape index (κ2) is 13.3. The molecule has 1 aliphatic heterocycles. The number of nitrogens with one attached hydrogen (secondary N) is 1. The highest BCUT2D eigenvalue weighted by atomic mass is 32.2. The van der Waals surface area contributed by atoms with Crippen molar-refractivity contribution in [3.63, 3.8) is 0 Å². The molecule has 2 aliphatic rings. The van der Waals surface area contributed by atoms with Crippen molar-refractivity contribution in [3.8, 4) is 0 Å². The number of benzene rings is 1. The molecule has 3 atom stereocenters. The number of rotatable bonds is 12. The first-order chi connectivity index (χ1) is 16.5. The summed E-state index contributed by atoms with van der Waals surface area (Å²) in [5.41, 5.74) is 1.25. The van der Waals surface area contributed by atoms with Gasteiger partial charge in [-0.2, -0.15) is 0 Å². The lowest BCUT2D eigenvalue weighted by molar-refractivity contribution is -0.150. The Morgan fingerprint density at radius 1 is 1.21 bits per heavy atom. The van der Waals surface area contributed by atoms with Crippen molar-refractivity contribution in [1.82, 2.24) is 9.99 Å². The first-order valence-electron chi connectivity index (χ1n) is 12.0. The molecule has 3 rings (SSSR count). The number of hydrogen-bond donors (Lipinski definition) is 1. The van der Waals surface area contributed by atoms with Crippen molar-refractivity contribution in [1.29, 1.82) is 0 Å². The normalized spacial score (nSPS) is 21.9. The van der Waals surface area contributed by atoms with Crippen LogP contribution >= 0.6 is 19.3 Å². The Hall–Kier alpha value is -1.86. The van der Waals surface area contributed by atoms with E-state index in [1.165, 1.54) is 5.56 Å². The molecule has 1 fully saturated rings. The minimum Gasteiger partial charge on any atom is -0.465 e. The summed E-state index contributed by atoms with van der Waals surface area (Å²) in [6.45, 7) is 3.97. The largest absolute Gasteiger partial charge is 0.465 e. The highest BCUT2D eigenvalue weighted by molar-refractivity contribution is 8.03. The molecule has 1 aromatic carbocycles. The smallest absolute Gasteiger partial charge is 0.325 e. The second-order valence-corrected chi connectivity index (χ2v) is 11.7. The van der Waals surface area contributed by atoms with Crippen LogP contribution < -0.4 is 5.09 Å². The molecule has 0 bridgehead atoms. The lowest BCUT2D eigenvalue weighted by Gasteiger charge is -2.32. The third-order valence-electron chi connectivity index (χ3n) is 5.76. The predicted octanol–water partition coefficient (Wildman–Crippen LogP) is 4.55. The highest BCUT2D eigenvalue weighted by Gasteiger charge is 2.40. The zero-order valence-corrected chi connectivity index (χ0v) is 21.7. The number of aryl methyl sites for hydroxylation is 1. The molecule has 0 spiro atoms. The van der Waals surface area contributed by atoms with E-state index in [1.54, 1.807) is 30.5 Å². The predicted molar refractivity (Wildman–Crippen MR) is 137 cm³/mol. The monoisotopic (exact) mass is 506 g/mol. The Morgan fingerprint density at radius 2 is 2.00 bits per heavy atom. The minimum atomic E-state index is -3.24. The summed E-state index contributed by atoms with van der Waals surface area (Å²) in [4.78, 5) is 28.4. The van der Waals surface area contributed by atoms with E-state index >= 15 is 0 Å². The van der Waals surface area contributed by atoms with Crippen LogP contribution in [0, 0.1) is 0 Å². The molecule has 1 saturated heterocycles. The first kappa shape index (κ1) is 26.7. The van der Waals surface area contributed by atoms with E-state index in [9.17, 15) is 14.2 Å². The van der Waals surface area contributed by atoms with Gasteiger partial charge >= 0.3 is 5.97 Å². The maximum absolute atomic E-state index is 13.7. The fraction of sp³-hybridized carbons (Fsp3) is 0.520. The van der Waals surface area contributed by atoms with Gasteiger partial charge in [0.1, 0.15) is 12.6 Å². The van der Waals surface area contributed by atoms with Crippen LogP contribution in [0.3, 0.4) is 0 Å². The Labute approximate surface area is 206 Å². The Bertz CT molecular complexity index is 936. The van der Waals surface area contributed by atoms with Crippen LogP contribution in [0.5, 0.6) is 0 Å². The van der Waals surface area contributed by atoms with Crippen molar-refractivity contribution in [2.75, 3.05) is 31.7 Å². The number of allylic oxidation sites excluding steroid dienone is 2. The van der Waals surface area contributed by atoms with Crippen LogP contribution in [0.15, 0.2) is 53.5 Å². The van der Waals surface area contributed by atoms with Gasteiger partial charge in [0.25, 0.3) is 7.52 Å². The molecule has 1 aromatic rings. The van der Waals surface area contributed by atoms with Crippen molar-refractivity contribution in [3.05, 3.63) is 59.0 Å². The SMILES string of the molecule is CCOC(=O)CN1C(=O)C(NP(=O)(CCCCc2ccccc2)OCC)CSC2=CC=CCC21. The highest BCUT2D eigenvalue weighted by Crippen LogP contribution is 2.45. The number of carbonyl (C=O) groups excluding carboxylic acids is 2. The van der Waals surface area contributed by atoms with Gasteiger partial charge in [0.15, 0.2) is 0 Å². The fourth-order valence-electron chi connectivity index (χ4n) is 4.16. The summed E-state index contributed by atoms with van der Waals surface area (Å²) in [5.74, 6) is -0.257. The van der Waals surface area contributed by atoms with E-state index in [-0.39, 0.29) is 25.1 Å². The minimum absolute atomic E-state index is 0.128. The molecule has 1 amide bonds. The standard InChI is InChI=1S/C25H35N2O5PS/c1-3-31-24(28)18-27-22-15-8-9-16-23(22)34-19-21(25(27)29)26-33(30,32-4-2)17-11-10-14-20-12-6-5-7-13-20/h5-9,12-13,16,21-22H,3-4,10-11,14-15,17-19H2,1-2H3,(H,26,30). The van der Waals surface area contributed by atoms with Crippen molar-refractivity contribution < 1.29 is 23.4 Å². The van der Waals surface area contributed by atoms with E-state index in [1.807, 2.05) is 36.4 Å². The molecule has 3 unspecified atom stereocenters. The maximum Gasteiger partial charge on any atom is 0.325 e. The molecule has 9 heteroatoms. The van der Waals surface area contributed by atoms with Gasteiger partial charge in [-0.05, 0) is 45.1 Å². The average Bonchev–Trinajstić information content (AvgIpc) is 2.95. The number of nitrogens with zero attached hydrogens (tertiary/aromatic N) is 1. The summed E-state index contributed by atoms with van der Waals surface area (Å²) >= 11 is 1.56. The molecular weight excluding hydrogens is 471 g/mol. The lowest BCUT2D eigenvalue weighted by atomic mass is 10.1. The number of esters is 1. The van der Waals surface area contributed by atoms with Crippen LogP contribution in [-0.4, -0.2) is 60.5 Å². The number of thioether (sulfide) groups is 1. The van der Waals surface area contributed by atoms with Crippen molar-refractivity contribution in [2.45, 2.75) is 51.6 Å². The van der Waals surface area contributed by atoms with Crippen LogP contribution in [0.25, 0.3) is 0 Å². The molecule has 1 N–H and O–H groups in total. The third kappa shape index (κ3) is 7.57. The van der Waals surface area contributed by atoms with Gasteiger partial charge in [-0.1, -0.05) is 48.6 Å². The van der Waals surface area contributed by atoms with E-state index in [0.717, 1.165) is 24.2 Å². The van der Waals surface area contributed by atoms with Gasteiger partial charge in [0, 0.05) is 16.8 Å². The number of ether oxygens (including phenoxy) is 1. The fourth-order valence-corrected chi connectivity index (χ4v) is 7.53. The molecule has 7 nitrogen and oxygen atoms in total. The zero-order chi connectivity index (χ0) is 24.4. The molecule has 0 radical (unpaired) electrons. The van der Waals surface area contributed by atoms with E-state index in [0.29, 0.717) is 24.9 Å². The van der Waals surface area contributed by atoms with Gasteiger partial charge in [-0.25, -0.2) is 5.09 Å². The van der Waals surface area contributed by atoms with Crippen molar-refractivity contribution >= 4 is 31.2 Å². The van der Waals surface area contributed by atoms with Gasteiger partial charge in [-0.15, -0.1) is 11.8 Å². The number of amides is 1. The summed E-state index contributed by atoms with van der Waals surface area (Å²) in [6.07, 6.45) is 9.44. The second-order valence-electron chi connectivity index (χ2n) is 8.27. The van der Waals surface area contributed by atoms with Gasteiger partial charge < -0.3 is 14.2 Å². The molecule has 1 aliphatic carbocycles. The Kier molecular flexibility index (Phi) is 10.5. The summed E-state index contributed by atoms with van der Waals surface area (Å²) in [5, 5.41) is 3.09. The first-order valence-corrected chi connectivity index (χ1v) is 14.8. The van der Waals surface area contributed by atoms with E-state index < -0.39 is 19.5 Å². The lowest BCUT2D eigenvalue weighted by Crippen LogP contribution is -2.51. The van der Waals surface area contributed by atoms with Gasteiger partial charge in [-0.3, -0.25) is 14.2 Å². The molecular formula is C25H35N2O5PS.